The number of nitrogens with two attached hydrogens (primary N) is 1. The first kappa shape index (κ1) is 17.2. The second kappa shape index (κ2) is 7.51. The van der Waals surface area contributed by atoms with Gasteiger partial charge in [-0.3, -0.25) is 14.7 Å². The molecule has 1 aliphatic rings. The third kappa shape index (κ3) is 3.90. The highest BCUT2D eigenvalue weighted by atomic mass is 16.2. The highest BCUT2D eigenvalue weighted by Gasteiger charge is 2.27. The van der Waals surface area contributed by atoms with Gasteiger partial charge in [0.1, 0.15) is 5.69 Å². The molecule has 0 aliphatic carbocycles. The van der Waals surface area contributed by atoms with Crippen molar-refractivity contribution >= 4 is 11.8 Å². The Hall–Kier alpha value is -2.63. The van der Waals surface area contributed by atoms with Crippen LogP contribution in [-0.4, -0.2) is 40.0 Å². The highest BCUT2D eigenvalue weighted by molar-refractivity contribution is 5.94. The summed E-state index contributed by atoms with van der Waals surface area (Å²) in [4.78, 5) is 25.9. The molecule has 0 spiro atoms. The summed E-state index contributed by atoms with van der Waals surface area (Å²) in [7, 11) is 0. The zero-order valence-electron chi connectivity index (χ0n) is 14.5. The second-order valence-electron chi connectivity index (χ2n) is 6.61. The number of piperidine rings is 1. The molecule has 1 aromatic carbocycles. The van der Waals surface area contributed by atoms with E-state index in [9.17, 15) is 9.59 Å². The van der Waals surface area contributed by atoms with E-state index in [1.807, 2.05) is 29.2 Å². The van der Waals surface area contributed by atoms with E-state index in [-0.39, 0.29) is 17.5 Å². The SMILES string of the molecule is CCCc1ccc(C(=O)N2CCCC(c3cc(C(N)=O)n[nH]3)C2)cc1. The number of carbonyl (C=O) groups excluding carboxylic acids is 2. The third-order valence-electron chi connectivity index (χ3n) is 4.74. The first-order valence-electron chi connectivity index (χ1n) is 8.81. The Balaban J connectivity index is 1.69. The molecule has 6 heteroatoms. The molecule has 0 saturated carbocycles. The van der Waals surface area contributed by atoms with E-state index in [0.717, 1.165) is 43.5 Å². The average Bonchev–Trinajstić information content (AvgIpc) is 3.13. The fourth-order valence-corrected chi connectivity index (χ4v) is 3.37. The topological polar surface area (TPSA) is 92.1 Å². The van der Waals surface area contributed by atoms with Crippen LogP contribution in [0.5, 0.6) is 0 Å². The van der Waals surface area contributed by atoms with Crippen molar-refractivity contribution in [3.05, 3.63) is 52.8 Å². The van der Waals surface area contributed by atoms with Crippen LogP contribution in [0.2, 0.25) is 0 Å². The summed E-state index contributed by atoms with van der Waals surface area (Å²) >= 11 is 0. The summed E-state index contributed by atoms with van der Waals surface area (Å²) in [5.74, 6) is -0.335. The van der Waals surface area contributed by atoms with Gasteiger partial charge in [-0.2, -0.15) is 5.10 Å². The number of benzene rings is 1. The fraction of sp³-hybridized carbons (Fsp3) is 0.421. The molecule has 1 aliphatic heterocycles. The van der Waals surface area contributed by atoms with Crippen LogP contribution in [0.4, 0.5) is 0 Å². The molecule has 2 heterocycles. The van der Waals surface area contributed by atoms with Crippen molar-refractivity contribution in [3.8, 4) is 0 Å². The van der Waals surface area contributed by atoms with Crippen LogP contribution in [-0.2, 0) is 6.42 Å². The number of hydrogen-bond acceptors (Lipinski definition) is 3. The largest absolute Gasteiger partial charge is 0.364 e. The number of nitrogens with one attached hydrogen (secondary N) is 1. The zero-order valence-corrected chi connectivity index (χ0v) is 14.5. The summed E-state index contributed by atoms with van der Waals surface area (Å²) in [6.07, 6.45) is 4.01. The first-order chi connectivity index (χ1) is 12.1. The molecule has 1 saturated heterocycles. The van der Waals surface area contributed by atoms with E-state index >= 15 is 0 Å². The van der Waals surface area contributed by atoms with Gasteiger partial charge >= 0.3 is 0 Å². The van der Waals surface area contributed by atoms with Crippen molar-refractivity contribution in [2.45, 2.75) is 38.5 Å². The Kier molecular flexibility index (Phi) is 5.16. The summed E-state index contributed by atoms with van der Waals surface area (Å²) in [6, 6.07) is 9.59. The molecule has 0 bridgehead atoms. The maximum Gasteiger partial charge on any atom is 0.269 e. The smallest absolute Gasteiger partial charge is 0.269 e. The number of rotatable bonds is 5. The lowest BCUT2D eigenvalue weighted by Crippen LogP contribution is -2.39. The Morgan fingerprint density at radius 2 is 2.08 bits per heavy atom. The number of nitrogens with zero attached hydrogens (tertiary/aromatic N) is 2. The molecule has 1 fully saturated rings. The summed E-state index contributed by atoms with van der Waals surface area (Å²) in [5, 5.41) is 6.83. The standard InChI is InChI=1S/C19H24N4O2/c1-2-4-13-6-8-14(9-7-13)19(25)23-10-3-5-15(12-23)16-11-17(18(20)24)22-21-16/h6-9,11,15H,2-5,10,12H2,1H3,(H2,20,24)(H,21,22). The van der Waals surface area contributed by atoms with Gasteiger partial charge in [-0.1, -0.05) is 25.5 Å². The molecule has 2 aromatic rings. The van der Waals surface area contributed by atoms with Gasteiger partial charge in [0.2, 0.25) is 0 Å². The van der Waals surface area contributed by atoms with Crippen molar-refractivity contribution in [3.63, 3.8) is 0 Å². The van der Waals surface area contributed by atoms with Crippen molar-refractivity contribution in [1.29, 1.82) is 0 Å². The number of likely N-dealkylation sites (tertiary alicyclic amines) is 1. The average molecular weight is 340 g/mol. The van der Waals surface area contributed by atoms with Gasteiger partial charge in [0, 0.05) is 30.3 Å². The van der Waals surface area contributed by atoms with Gasteiger partial charge in [0.25, 0.3) is 11.8 Å². The molecule has 6 nitrogen and oxygen atoms in total. The van der Waals surface area contributed by atoms with Crippen molar-refractivity contribution in [2.75, 3.05) is 13.1 Å². The number of H-pyrrole nitrogens is 1. The Morgan fingerprint density at radius 1 is 1.32 bits per heavy atom. The molecule has 2 amide bonds. The number of hydrogen-bond donors (Lipinski definition) is 2. The van der Waals surface area contributed by atoms with Crippen LogP contribution in [0, 0.1) is 0 Å². The summed E-state index contributed by atoms with van der Waals surface area (Å²) < 4.78 is 0. The molecule has 1 atom stereocenters. The first-order valence-corrected chi connectivity index (χ1v) is 8.81. The zero-order chi connectivity index (χ0) is 17.8. The Morgan fingerprint density at radius 3 is 2.72 bits per heavy atom. The van der Waals surface area contributed by atoms with E-state index in [0.29, 0.717) is 6.54 Å². The normalized spacial score (nSPS) is 17.5. The monoisotopic (exact) mass is 340 g/mol. The van der Waals surface area contributed by atoms with E-state index in [4.69, 9.17) is 5.73 Å². The van der Waals surface area contributed by atoms with Gasteiger partial charge in [0.05, 0.1) is 0 Å². The summed E-state index contributed by atoms with van der Waals surface area (Å²) in [6.45, 7) is 3.52. The van der Waals surface area contributed by atoms with E-state index in [2.05, 4.69) is 17.1 Å². The number of aryl methyl sites for hydroxylation is 1. The molecule has 25 heavy (non-hydrogen) atoms. The van der Waals surface area contributed by atoms with E-state index < -0.39 is 5.91 Å². The van der Waals surface area contributed by atoms with Crippen LogP contribution in [0.3, 0.4) is 0 Å². The lowest BCUT2D eigenvalue weighted by atomic mass is 9.94. The molecule has 3 rings (SSSR count). The molecular weight excluding hydrogens is 316 g/mol. The molecule has 132 valence electrons. The predicted octanol–water partition coefficient (Wildman–Crippen LogP) is 2.48. The van der Waals surface area contributed by atoms with Crippen LogP contribution in [0.1, 0.15) is 64.2 Å². The quantitative estimate of drug-likeness (QED) is 0.876. The van der Waals surface area contributed by atoms with Gasteiger partial charge in [-0.05, 0) is 43.0 Å². The van der Waals surface area contributed by atoms with Gasteiger partial charge in [0.15, 0.2) is 0 Å². The van der Waals surface area contributed by atoms with Crippen LogP contribution < -0.4 is 5.73 Å². The van der Waals surface area contributed by atoms with Gasteiger partial charge in [-0.15, -0.1) is 0 Å². The van der Waals surface area contributed by atoms with Gasteiger partial charge in [-0.25, -0.2) is 0 Å². The van der Waals surface area contributed by atoms with Crippen molar-refractivity contribution < 1.29 is 9.59 Å². The maximum atomic E-state index is 12.8. The van der Waals surface area contributed by atoms with Crippen LogP contribution in [0.15, 0.2) is 30.3 Å². The summed E-state index contributed by atoms with van der Waals surface area (Å²) in [5.41, 5.74) is 8.34. The number of aromatic amines is 1. The van der Waals surface area contributed by atoms with E-state index in [1.54, 1.807) is 6.07 Å². The lowest BCUT2D eigenvalue weighted by Gasteiger charge is -2.32. The maximum absolute atomic E-state index is 12.8. The molecular formula is C19H24N4O2. The predicted molar refractivity (Wildman–Crippen MR) is 95.4 cm³/mol. The van der Waals surface area contributed by atoms with Crippen LogP contribution in [0.25, 0.3) is 0 Å². The van der Waals surface area contributed by atoms with E-state index in [1.165, 1.54) is 5.56 Å². The minimum Gasteiger partial charge on any atom is -0.364 e. The number of amides is 2. The fourth-order valence-electron chi connectivity index (χ4n) is 3.37. The third-order valence-corrected chi connectivity index (χ3v) is 4.74. The molecule has 0 radical (unpaired) electrons. The minimum absolute atomic E-state index is 0.0578. The van der Waals surface area contributed by atoms with Crippen LogP contribution >= 0.6 is 0 Å². The van der Waals surface area contributed by atoms with Crippen molar-refractivity contribution in [1.82, 2.24) is 15.1 Å². The number of carbonyl (C=O) groups is 2. The molecule has 1 unspecified atom stereocenters. The minimum atomic E-state index is -0.543. The van der Waals surface area contributed by atoms with Crippen molar-refractivity contribution in [2.24, 2.45) is 5.73 Å². The molecule has 3 N–H and O–H groups in total. The second-order valence-corrected chi connectivity index (χ2v) is 6.61. The Bertz CT molecular complexity index is 751. The lowest BCUT2D eigenvalue weighted by molar-refractivity contribution is 0.0705. The highest BCUT2D eigenvalue weighted by Crippen LogP contribution is 2.27. The molecule has 1 aromatic heterocycles. The van der Waals surface area contributed by atoms with Gasteiger partial charge < -0.3 is 10.6 Å². The number of aromatic nitrogens is 2. The Labute approximate surface area is 147 Å². The number of primary amides is 1.